The first kappa shape index (κ1) is 9.49. The maximum Gasteiger partial charge on any atom is 0.245 e. The van der Waals surface area contributed by atoms with Crippen LogP contribution in [0, 0.1) is 5.92 Å². The Balaban J connectivity index is 1.94. The number of hydrogen-bond acceptors (Lipinski definition) is 2. The minimum absolute atomic E-state index is 0.0311. The summed E-state index contributed by atoms with van der Waals surface area (Å²) in [5, 5.41) is 2.64. The van der Waals surface area contributed by atoms with E-state index < -0.39 is 0 Å². The number of piperazine rings is 1. The Bertz CT molecular complexity index is 261. The fourth-order valence-corrected chi connectivity index (χ4v) is 2.02. The first-order chi connectivity index (χ1) is 6.66. The summed E-state index contributed by atoms with van der Waals surface area (Å²) in [7, 11) is 0. The summed E-state index contributed by atoms with van der Waals surface area (Å²) in [6.45, 7) is 2.77. The van der Waals surface area contributed by atoms with Gasteiger partial charge in [-0.05, 0) is 25.7 Å². The second-order valence-electron chi connectivity index (χ2n) is 4.30. The zero-order chi connectivity index (χ0) is 10.1. The van der Waals surface area contributed by atoms with Crippen LogP contribution in [0.3, 0.4) is 0 Å². The molecule has 0 bridgehead atoms. The summed E-state index contributed by atoms with van der Waals surface area (Å²) in [6.07, 6.45) is 3.69. The van der Waals surface area contributed by atoms with Crippen molar-refractivity contribution in [2.45, 2.75) is 32.2 Å². The largest absolute Gasteiger partial charge is 0.343 e. The van der Waals surface area contributed by atoms with Crippen molar-refractivity contribution in [1.82, 2.24) is 10.2 Å². The van der Waals surface area contributed by atoms with Crippen molar-refractivity contribution in [3.63, 3.8) is 0 Å². The Morgan fingerprint density at radius 1 is 1.43 bits per heavy atom. The van der Waals surface area contributed by atoms with E-state index in [9.17, 15) is 9.59 Å². The van der Waals surface area contributed by atoms with Crippen molar-refractivity contribution >= 4 is 11.8 Å². The lowest BCUT2D eigenvalue weighted by molar-refractivity contribution is -0.144. The van der Waals surface area contributed by atoms with Gasteiger partial charge < -0.3 is 10.2 Å². The van der Waals surface area contributed by atoms with E-state index in [-0.39, 0.29) is 24.4 Å². The normalized spacial score (nSPS) is 28.6. The van der Waals surface area contributed by atoms with Crippen molar-refractivity contribution in [2.75, 3.05) is 13.1 Å². The summed E-state index contributed by atoms with van der Waals surface area (Å²) >= 11 is 0. The Morgan fingerprint density at radius 3 is 2.71 bits per heavy atom. The summed E-state index contributed by atoms with van der Waals surface area (Å²) in [5.41, 5.74) is 0. The molecule has 4 heteroatoms. The van der Waals surface area contributed by atoms with E-state index in [1.54, 1.807) is 11.8 Å². The second-order valence-corrected chi connectivity index (χ2v) is 4.30. The van der Waals surface area contributed by atoms with Gasteiger partial charge in [0.1, 0.15) is 6.04 Å². The van der Waals surface area contributed by atoms with Crippen LogP contribution in [0.25, 0.3) is 0 Å². The Morgan fingerprint density at radius 2 is 2.14 bits per heavy atom. The molecule has 2 fully saturated rings. The van der Waals surface area contributed by atoms with Gasteiger partial charge in [0.15, 0.2) is 0 Å². The highest BCUT2D eigenvalue weighted by Crippen LogP contribution is 2.27. The standard InChI is InChI=1S/C10H16N2O2/c1-7-10(14)12(6-9(13)11-7)5-8-3-2-4-8/h7-8H,2-6H2,1H3,(H,11,13). The molecular formula is C10H16N2O2. The van der Waals surface area contributed by atoms with E-state index in [1.165, 1.54) is 19.3 Å². The van der Waals surface area contributed by atoms with Gasteiger partial charge in [-0.25, -0.2) is 0 Å². The van der Waals surface area contributed by atoms with Gasteiger partial charge in [0.2, 0.25) is 11.8 Å². The lowest BCUT2D eigenvalue weighted by Crippen LogP contribution is -2.57. The molecule has 0 radical (unpaired) electrons. The smallest absolute Gasteiger partial charge is 0.245 e. The van der Waals surface area contributed by atoms with Gasteiger partial charge in [-0.1, -0.05) is 6.42 Å². The number of carbonyl (C=O) groups excluding carboxylic acids is 2. The number of nitrogens with zero attached hydrogens (tertiary/aromatic N) is 1. The third-order valence-electron chi connectivity index (χ3n) is 3.10. The summed E-state index contributed by atoms with van der Waals surface area (Å²) in [4.78, 5) is 24.6. The molecule has 1 heterocycles. The SMILES string of the molecule is CC1NC(=O)CN(CC2CCC2)C1=O. The van der Waals surface area contributed by atoms with Crippen LogP contribution < -0.4 is 5.32 Å². The van der Waals surface area contributed by atoms with E-state index in [4.69, 9.17) is 0 Å². The highest BCUT2D eigenvalue weighted by molar-refractivity contribution is 5.94. The Labute approximate surface area is 83.6 Å². The maximum atomic E-state index is 11.7. The van der Waals surface area contributed by atoms with E-state index in [0.29, 0.717) is 5.92 Å². The van der Waals surface area contributed by atoms with Crippen molar-refractivity contribution in [3.8, 4) is 0 Å². The molecule has 0 spiro atoms. The molecule has 2 amide bonds. The first-order valence-corrected chi connectivity index (χ1v) is 5.25. The third kappa shape index (κ3) is 1.74. The fraction of sp³-hybridized carbons (Fsp3) is 0.800. The highest BCUT2D eigenvalue weighted by atomic mass is 16.2. The van der Waals surface area contributed by atoms with Crippen molar-refractivity contribution < 1.29 is 9.59 Å². The number of nitrogens with one attached hydrogen (secondary N) is 1. The molecule has 4 nitrogen and oxygen atoms in total. The van der Waals surface area contributed by atoms with Crippen LogP contribution in [0.4, 0.5) is 0 Å². The van der Waals surface area contributed by atoms with Crippen LogP contribution in [-0.2, 0) is 9.59 Å². The van der Waals surface area contributed by atoms with Crippen LogP contribution in [0.1, 0.15) is 26.2 Å². The lowest BCUT2D eigenvalue weighted by Gasteiger charge is -2.36. The predicted octanol–water partition coefficient (Wildman–Crippen LogP) is 0.133. The molecule has 1 unspecified atom stereocenters. The van der Waals surface area contributed by atoms with E-state index in [1.807, 2.05) is 0 Å². The van der Waals surface area contributed by atoms with E-state index in [0.717, 1.165) is 6.54 Å². The highest BCUT2D eigenvalue weighted by Gasteiger charge is 2.32. The molecule has 1 saturated heterocycles. The van der Waals surface area contributed by atoms with Crippen molar-refractivity contribution in [1.29, 1.82) is 0 Å². The monoisotopic (exact) mass is 196 g/mol. The van der Waals surface area contributed by atoms with Gasteiger partial charge >= 0.3 is 0 Å². The predicted molar refractivity (Wildman–Crippen MR) is 51.5 cm³/mol. The van der Waals surface area contributed by atoms with Crippen LogP contribution in [0.5, 0.6) is 0 Å². The zero-order valence-corrected chi connectivity index (χ0v) is 8.45. The number of hydrogen-bond donors (Lipinski definition) is 1. The van der Waals surface area contributed by atoms with Crippen LogP contribution >= 0.6 is 0 Å². The van der Waals surface area contributed by atoms with Crippen LogP contribution in [0.15, 0.2) is 0 Å². The average Bonchev–Trinajstić information content (AvgIpc) is 2.05. The molecule has 1 atom stereocenters. The van der Waals surface area contributed by atoms with Gasteiger partial charge in [-0.3, -0.25) is 9.59 Å². The number of rotatable bonds is 2. The molecular weight excluding hydrogens is 180 g/mol. The molecule has 14 heavy (non-hydrogen) atoms. The second kappa shape index (κ2) is 3.59. The van der Waals surface area contributed by atoms with Crippen LogP contribution in [0.2, 0.25) is 0 Å². The van der Waals surface area contributed by atoms with E-state index in [2.05, 4.69) is 5.32 Å². The van der Waals surface area contributed by atoms with Gasteiger partial charge in [-0.15, -0.1) is 0 Å². The van der Waals surface area contributed by atoms with E-state index >= 15 is 0 Å². The van der Waals surface area contributed by atoms with Crippen molar-refractivity contribution in [2.24, 2.45) is 5.92 Å². The fourth-order valence-electron chi connectivity index (χ4n) is 2.02. The van der Waals surface area contributed by atoms with Gasteiger partial charge in [-0.2, -0.15) is 0 Å². The lowest BCUT2D eigenvalue weighted by atomic mass is 9.85. The summed E-state index contributed by atoms with van der Waals surface area (Å²) in [5.74, 6) is 0.671. The topological polar surface area (TPSA) is 49.4 Å². The maximum absolute atomic E-state index is 11.7. The molecule has 2 aliphatic rings. The summed E-state index contributed by atoms with van der Waals surface area (Å²) < 4.78 is 0. The molecule has 1 N–H and O–H groups in total. The minimum atomic E-state index is -0.337. The zero-order valence-electron chi connectivity index (χ0n) is 8.45. The molecule has 78 valence electrons. The van der Waals surface area contributed by atoms with Gasteiger partial charge in [0, 0.05) is 6.54 Å². The molecule has 2 rings (SSSR count). The summed E-state index contributed by atoms with van der Waals surface area (Å²) in [6, 6.07) is -0.337. The third-order valence-corrected chi connectivity index (χ3v) is 3.10. The molecule has 0 aromatic rings. The Kier molecular flexibility index (Phi) is 2.44. The van der Waals surface area contributed by atoms with Gasteiger partial charge in [0.05, 0.1) is 6.54 Å². The first-order valence-electron chi connectivity index (χ1n) is 5.25. The number of amides is 2. The molecule has 1 aliphatic heterocycles. The Hall–Kier alpha value is -1.06. The quantitative estimate of drug-likeness (QED) is 0.682. The van der Waals surface area contributed by atoms with Crippen LogP contribution in [-0.4, -0.2) is 35.8 Å². The van der Waals surface area contributed by atoms with Crippen molar-refractivity contribution in [3.05, 3.63) is 0 Å². The average molecular weight is 196 g/mol. The number of carbonyl (C=O) groups is 2. The molecule has 1 aliphatic carbocycles. The molecule has 1 saturated carbocycles. The molecule has 0 aromatic carbocycles. The molecule has 0 aromatic heterocycles. The van der Waals surface area contributed by atoms with Gasteiger partial charge in [0.25, 0.3) is 0 Å². The minimum Gasteiger partial charge on any atom is -0.343 e.